The molecule has 0 heterocycles. The number of rotatable bonds is 1. The molecule has 0 atom stereocenters. The van der Waals surface area contributed by atoms with Gasteiger partial charge in [0.05, 0.1) is 0 Å². The minimum Gasteiger partial charge on any atom is -0.398 e. The van der Waals surface area contributed by atoms with Crippen LogP contribution in [0, 0.1) is 0 Å². The Morgan fingerprint density at radius 1 is 0.654 bits per heavy atom. The molecule has 2 N–H and O–H groups in total. The van der Waals surface area contributed by atoms with Crippen molar-refractivity contribution >= 4 is 16.5 Å². The lowest BCUT2D eigenvalue weighted by Crippen LogP contribution is -2.16. The maximum atomic E-state index is 6.51. The first kappa shape index (κ1) is 15.2. The first-order chi connectivity index (χ1) is 12.6. The van der Waals surface area contributed by atoms with Crippen LogP contribution in [-0.2, 0) is 5.41 Å². The molecule has 0 saturated carbocycles. The highest BCUT2D eigenvalue weighted by Gasteiger charge is 2.37. The van der Waals surface area contributed by atoms with Crippen molar-refractivity contribution in [2.45, 2.75) is 19.3 Å². The fourth-order valence-corrected chi connectivity index (χ4v) is 4.65. The predicted molar refractivity (Wildman–Crippen MR) is 111 cm³/mol. The summed E-state index contributed by atoms with van der Waals surface area (Å²) in [6.45, 7) is 4.64. The first-order valence-corrected chi connectivity index (χ1v) is 9.10. The maximum Gasteiger partial charge on any atom is 0.0400 e. The molecule has 0 aliphatic heterocycles. The summed E-state index contributed by atoms with van der Waals surface area (Å²) < 4.78 is 0. The normalized spacial score (nSPS) is 14.2. The minimum atomic E-state index is -0.0497. The average molecular weight is 335 g/mol. The van der Waals surface area contributed by atoms with Gasteiger partial charge in [0.15, 0.2) is 0 Å². The SMILES string of the molecule is CC1(C)c2ccccc2-c2cccc(-c3c(N)ccc4ccccc34)c21. The lowest BCUT2D eigenvalue weighted by molar-refractivity contribution is 0.662. The third-order valence-electron chi connectivity index (χ3n) is 5.81. The molecular formula is C25H21N. The molecule has 4 aromatic carbocycles. The van der Waals surface area contributed by atoms with Crippen molar-refractivity contribution in [3.8, 4) is 22.3 Å². The number of hydrogen-bond donors (Lipinski definition) is 1. The van der Waals surface area contributed by atoms with E-state index < -0.39 is 0 Å². The van der Waals surface area contributed by atoms with Crippen molar-refractivity contribution in [3.05, 3.63) is 90.0 Å². The molecule has 5 rings (SSSR count). The standard InChI is InChI=1S/C25H21N/c1-25(2)21-13-6-5-10-18(21)19-11-7-12-20(24(19)25)23-17-9-4-3-8-16(17)14-15-22(23)26/h3-15H,26H2,1-2H3. The molecule has 1 aliphatic rings. The van der Waals surface area contributed by atoms with E-state index in [1.807, 2.05) is 6.07 Å². The molecule has 1 heteroatoms. The van der Waals surface area contributed by atoms with Crippen molar-refractivity contribution < 1.29 is 0 Å². The minimum absolute atomic E-state index is 0.0497. The van der Waals surface area contributed by atoms with E-state index in [9.17, 15) is 0 Å². The molecule has 4 aromatic rings. The van der Waals surface area contributed by atoms with Gasteiger partial charge >= 0.3 is 0 Å². The van der Waals surface area contributed by atoms with E-state index in [1.165, 1.54) is 38.6 Å². The van der Waals surface area contributed by atoms with Crippen LogP contribution in [0.1, 0.15) is 25.0 Å². The zero-order chi connectivity index (χ0) is 17.9. The monoisotopic (exact) mass is 335 g/mol. The molecule has 1 aliphatic carbocycles. The van der Waals surface area contributed by atoms with Crippen molar-refractivity contribution in [1.29, 1.82) is 0 Å². The van der Waals surface area contributed by atoms with E-state index in [0.717, 1.165) is 11.3 Å². The van der Waals surface area contributed by atoms with E-state index in [1.54, 1.807) is 0 Å². The van der Waals surface area contributed by atoms with Gasteiger partial charge in [0, 0.05) is 16.7 Å². The molecule has 0 unspecified atom stereocenters. The molecule has 0 spiro atoms. The van der Waals surface area contributed by atoms with E-state index in [0.29, 0.717) is 0 Å². The molecule has 0 bridgehead atoms. The summed E-state index contributed by atoms with van der Waals surface area (Å²) in [4.78, 5) is 0. The van der Waals surface area contributed by atoms with Crippen molar-refractivity contribution in [3.63, 3.8) is 0 Å². The van der Waals surface area contributed by atoms with E-state index in [4.69, 9.17) is 5.73 Å². The van der Waals surface area contributed by atoms with Gasteiger partial charge < -0.3 is 5.73 Å². The van der Waals surface area contributed by atoms with Crippen LogP contribution in [0.2, 0.25) is 0 Å². The Balaban J connectivity index is 1.91. The second-order valence-electron chi connectivity index (χ2n) is 7.65. The quantitative estimate of drug-likeness (QED) is 0.400. The Morgan fingerprint density at radius 2 is 1.35 bits per heavy atom. The van der Waals surface area contributed by atoms with Gasteiger partial charge in [0.1, 0.15) is 0 Å². The predicted octanol–water partition coefficient (Wildman–Crippen LogP) is 6.40. The Bertz CT molecular complexity index is 1170. The zero-order valence-corrected chi connectivity index (χ0v) is 15.1. The summed E-state index contributed by atoms with van der Waals surface area (Å²) in [6, 6.07) is 28.0. The van der Waals surface area contributed by atoms with Gasteiger partial charge in [-0.2, -0.15) is 0 Å². The topological polar surface area (TPSA) is 26.0 Å². The zero-order valence-electron chi connectivity index (χ0n) is 15.1. The molecule has 1 nitrogen and oxygen atoms in total. The van der Waals surface area contributed by atoms with E-state index in [-0.39, 0.29) is 5.41 Å². The average Bonchev–Trinajstić information content (AvgIpc) is 2.90. The molecule has 0 amide bonds. The molecule has 0 fully saturated rings. The number of benzene rings is 4. The van der Waals surface area contributed by atoms with Gasteiger partial charge in [-0.25, -0.2) is 0 Å². The van der Waals surface area contributed by atoms with Gasteiger partial charge in [0.25, 0.3) is 0 Å². The first-order valence-electron chi connectivity index (χ1n) is 9.10. The summed E-state index contributed by atoms with van der Waals surface area (Å²) in [5.74, 6) is 0. The fourth-order valence-electron chi connectivity index (χ4n) is 4.65. The van der Waals surface area contributed by atoms with Gasteiger partial charge in [-0.3, -0.25) is 0 Å². The van der Waals surface area contributed by atoms with Gasteiger partial charge in [-0.15, -0.1) is 0 Å². The lowest BCUT2D eigenvalue weighted by atomic mass is 9.78. The van der Waals surface area contributed by atoms with Gasteiger partial charge in [-0.05, 0) is 44.7 Å². The number of nitrogens with two attached hydrogens (primary N) is 1. The summed E-state index contributed by atoms with van der Waals surface area (Å²) in [5.41, 5.74) is 15.1. The summed E-state index contributed by atoms with van der Waals surface area (Å²) in [6.07, 6.45) is 0. The van der Waals surface area contributed by atoms with Crippen LogP contribution in [0.15, 0.2) is 78.9 Å². The molecule has 0 saturated heterocycles. The van der Waals surface area contributed by atoms with Crippen LogP contribution >= 0.6 is 0 Å². The van der Waals surface area contributed by atoms with Crippen molar-refractivity contribution in [2.24, 2.45) is 0 Å². The Kier molecular flexibility index (Phi) is 3.05. The Morgan fingerprint density at radius 3 is 2.23 bits per heavy atom. The van der Waals surface area contributed by atoms with Crippen molar-refractivity contribution in [2.75, 3.05) is 5.73 Å². The molecule has 126 valence electrons. The fraction of sp³-hybridized carbons (Fsp3) is 0.120. The summed E-state index contributed by atoms with van der Waals surface area (Å²) in [5, 5.41) is 2.44. The van der Waals surface area contributed by atoms with E-state index in [2.05, 4.69) is 86.6 Å². The summed E-state index contributed by atoms with van der Waals surface area (Å²) >= 11 is 0. The highest BCUT2D eigenvalue weighted by atomic mass is 14.6. The Labute approximate surface area is 154 Å². The third-order valence-corrected chi connectivity index (χ3v) is 5.81. The lowest BCUT2D eigenvalue weighted by Gasteiger charge is -2.25. The van der Waals surface area contributed by atoms with Crippen LogP contribution in [0.3, 0.4) is 0 Å². The van der Waals surface area contributed by atoms with Crippen LogP contribution in [0.5, 0.6) is 0 Å². The van der Waals surface area contributed by atoms with Crippen LogP contribution in [0.4, 0.5) is 5.69 Å². The number of hydrogen-bond acceptors (Lipinski definition) is 1. The van der Waals surface area contributed by atoms with Crippen LogP contribution in [-0.4, -0.2) is 0 Å². The number of anilines is 1. The Hall–Kier alpha value is -3.06. The second kappa shape index (κ2) is 5.22. The summed E-state index contributed by atoms with van der Waals surface area (Å²) in [7, 11) is 0. The number of fused-ring (bicyclic) bond motifs is 4. The highest BCUT2D eigenvalue weighted by Crippen LogP contribution is 2.53. The molecular weight excluding hydrogens is 314 g/mol. The molecule has 26 heavy (non-hydrogen) atoms. The van der Waals surface area contributed by atoms with Crippen LogP contribution in [0.25, 0.3) is 33.0 Å². The maximum absolute atomic E-state index is 6.51. The number of nitrogen functional groups attached to an aromatic ring is 1. The van der Waals surface area contributed by atoms with Gasteiger partial charge in [0.2, 0.25) is 0 Å². The highest BCUT2D eigenvalue weighted by molar-refractivity contribution is 6.04. The largest absolute Gasteiger partial charge is 0.398 e. The molecule has 0 aromatic heterocycles. The molecule has 0 radical (unpaired) electrons. The third kappa shape index (κ3) is 1.91. The smallest absolute Gasteiger partial charge is 0.0400 e. The van der Waals surface area contributed by atoms with E-state index >= 15 is 0 Å². The second-order valence-corrected chi connectivity index (χ2v) is 7.65. The van der Waals surface area contributed by atoms with Gasteiger partial charge in [-0.1, -0.05) is 86.6 Å². The van der Waals surface area contributed by atoms with Crippen LogP contribution < -0.4 is 5.73 Å². The van der Waals surface area contributed by atoms with Crippen molar-refractivity contribution in [1.82, 2.24) is 0 Å².